The van der Waals surface area contributed by atoms with Crippen LogP contribution in [0.15, 0.2) is 164 Å². The van der Waals surface area contributed by atoms with Crippen LogP contribution in [0.25, 0.3) is 50.6 Å². The Morgan fingerprint density at radius 2 is 1.19 bits per heavy atom. The molecule has 1 aliphatic heterocycles. The standard InChI is InChI=1S/C106H128N18O9S/c1-66(2)84-54-75(55-85(67(3)4)95(84)123-96-77-30-14-12-26-71(77)39-38-70-25-11-13-29-76(70)94(96)116-118-123)120-49-51-121(52-50-120)102(134)109-48-24-21-37-91(100(129)133-104(5,6)7)112-98(127)89(35-20-23-47-108-101(130)105-56-68-53-69(57-105)59-106(58-68,65-105)124-93-45-43-83-82(86(83)63-125)42-44-88(93)114-119-124)111-99(128)90(113-103(131)132-64-87-80-33-17-15-31-78(80)79-32-16-18-34-81(79)87)36-19-22-46-107-97(126)73-40-41-74(110-60-73)61-122-62-92(115-117-122)72-27-9-8-10-28-72/h8-18,25-34,40-41,54-55,60,62,66-69,82-83,86-87,89-91,125H,19-24,35-39,42-53,56-59,61,63-65H2,1-7H3,(H,107,126)(H,108,130)(H,109,134)(H,111,128)(H,112,127)(H,113,131)/t68-,69+,82-,83+,86+,89-,90-,91-,105?,106?/m0/s1. The van der Waals surface area contributed by atoms with E-state index in [9.17, 15) is 19.5 Å². The molecule has 7 N–H and O–H groups in total. The van der Waals surface area contributed by atoms with Gasteiger partial charge in [-0.1, -0.05) is 171 Å². The van der Waals surface area contributed by atoms with Crippen LogP contribution >= 0.6 is 12.2 Å². The summed E-state index contributed by atoms with van der Waals surface area (Å²) < 4.78 is 18.2. The van der Waals surface area contributed by atoms with Crippen LogP contribution in [-0.2, 0) is 66.4 Å². The molecule has 1 saturated heterocycles. The lowest BCUT2D eigenvalue weighted by Crippen LogP contribution is -2.61. The van der Waals surface area contributed by atoms with Crippen molar-refractivity contribution in [2.75, 3.05) is 63.9 Å². The highest BCUT2D eigenvalue weighted by Gasteiger charge is 2.63. The number of ether oxygens (including phenoxy) is 2. The number of aliphatic hydroxyl groups is 1. The summed E-state index contributed by atoms with van der Waals surface area (Å²) in [6.07, 6.45) is 16.6. The fourth-order valence-electron chi connectivity index (χ4n) is 23.2. The highest BCUT2D eigenvalue weighted by molar-refractivity contribution is 7.80. The largest absolute Gasteiger partial charge is 0.458 e. The minimum Gasteiger partial charge on any atom is -0.458 e. The van der Waals surface area contributed by atoms with Gasteiger partial charge in [-0.25, -0.2) is 23.6 Å². The van der Waals surface area contributed by atoms with E-state index < -0.39 is 53.0 Å². The number of hydrogen-bond donors (Lipinski definition) is 7. The van der Waals surface area contributed by atoms with Gasteiger partial charge in [0.15, 0.2) is 5.11 Å². The number of carbonyl (C=O) groups excluding carboxylic acids is 6. The van der Waals surface area contributed by atoms with Gasteiger partial charge in [0.1, 0.15) is 47.4 Å². The average molecular weight is 1830 g/mol. The topological polar surface area (TPSA) is 325 Å². The Labute approximate surface area is 790 Å². The maximum Gasteiger partial charge on any atom is 0.407 e. The van der Waals surface area contributed by atoms with E-state index in [4.69, 9.17) is 42.3 Å². The van der Waals surface area contributed by atoms with E-state index in [0.717, 1.165) is 157 Å². The van der Waals surface area contributed by atoms with E-state index in [2.05, 4.69) is 167 Å². The highest BCUT2D eigenvalue weighted by atomic mass is 32.1. The van der Waals surface area contributed by atoms with Gasteiger partial charge in [-0.05, 0) is 278 Å². The summed E-state index contributed by atoms with van der Waals surface area (Å²) in [4.78, 5) is 97.8. The zero-order chi connectivity index (χ0) is 92.9. The summed E-state index contributed by atoms with van der Waals surface area (Å²) in [5.74, 6) is 0.116. The van der Waals surface area contributed by atoms with Crippen LogP contribution in [0, 0.1) is 35.0 Å². The molecule has 702 valence electrons. The van der Waals surface area contributed by atoms with Crippen molar-refractivity contribution in [3.8, 4) is 50.6 Å². The first-order chi connectivity index (χ1) is 64.9. The van der Waals surface area contributed by atoms with E-state index in [1.54, 1.807) is 37.6 Å². The molecule has 2 unspecified atom stereocenters. The lowest BCUT2D eigenvalue weighted by atomic mass is 9.46. The van der Waals surface area contributed by atoms with E-state index in [1.165, 1.54) is 34.1 Å². The number of fused-ring (bicyclic) bond motifs is 10. The van der Waals surface area contributed by atoms with Gasteiger partial charge in [0.05, 0.1) is 52.0 Å². The molecule has 4 aromatic heterocycles. The molecule has 9 aliphatic rings. The van der Waals surface area contributed by atoms with Crippen LogP contribution in [0.5, 0.6) is 0 Å². The minimum absolute atomic E-state index is 0.0159. The summed E-state index contributed by atoms with van der Waals surface area (Å²) >= 11 is 6.14. The Morgan fingerprint density at radius 1 is 0.597 bits per heavy atom. The number of nitrogens with one attached hydrogen (secondary N) is 6. The quantitative estimate of drug-likeness (QED) is 0.0112. The van der Waals surface area contributed by atoms with E-state index in [0.29, 0.717) is 124 Å². The number of benzene rings is 6. The fraction of sp³-hybridized carbons (Fsp3) is 0.491. The molecule has 5 saturated carbocycles. The molecule has 8 aliphatic carbocycles. The second-order valence-corrected chi connectivity index (χ2v) is 40.9. The molecule has 0 spiro atoms. The molecule has 6 aromatic carbocycles. The molecule has 27 nitrogen and oxygen atoms in total. The third-order valence-electron chi connectivity index (χ3n) is 29.6. The van der Waals surface area contributed by atoms with Gasteiger partial charge in [-0.2, -0.15) is 0 Å². The number of alkyl carbamates (subject to hydrolysis) is 1. The molecule has 6 fully saturated rings. The molecule has 5 heterocycles. The summed E-state index contributed by atoms with van der Waals surface area (Å²) in [5.41, 5.74) is 18.8. The SMILES string of the molecule is CC(C)c1cc(N2CCN(C(=S)NCCCC[C@H](NC(=O)[C@H](CCCCNC(=O)C34C[C@H]5C[C@@H](C3)CC(n3nnc6c3CC[C@H]3[C@H](CO)[C@H]3CC6)(C5)C4)NC(=O)[C@H](CCCCNC(=O)c3ccc(Cn4cc(-c5ccccc5)nn4)nc3)NC(=O)OCC3c4ccccc4-c4ccccc43)C(=O)OC(C)(C)C)CC2)cc(C(C)C)c1-n1nnc2c1-c1ccccc1CCc1ccccc1-2. The second-order valence-electron chi connectivity index (χ2n) is 40.5. The number of aryl methyl sites for hydroxylation is 3. The summed E-state index contributed by atoms with van der Waals surface area (Å²) in [7, 11) is 0. The molecule has 10 atom stereocenters. The van der Waals surface area contributed by atoms with Gasteiger partial charge in [-0.15, -0.1) is 15.3 Å². The van der Waals surface area contributed by atoms with Crippen molar-refractivity contribution in [2.45, 2.75) is 237 Å². The second kappa shape index (κ2) is 40.2. The number of carbonyl (C=O) groups is 6. The lowest BCUT2D eigenvalue weighted by molar-refractivity contribution is -0.159. The van der Waals surface area contributed by atoms with Gasteiger partial charge in [0.2, 0.25) is 17.7 Å². The van der Waals surface area contributed by atoms with E-state index in [1.807, 2.05) is 72.9 Å². The molecule has 5 amide bonds. The first-order valence-corrected chi connectivity index (χ1v) is 49.4. The van der Waals surface area contributed by atoms with Gasteiger partial charge in [-0.3, -0.25) is 24.2 Å². The number of aliphatic hydroxyl groups excluding tert-OH is 1. The van der Waals surface area contributed by atoms with Crippen molar-refractivity contribution < 1.29 is 43.3 Å². The van der Waals surface area contributed by atoms with Crippen molar-refractivity contribution in [3.05, 3.63) is 220 Å². The van der Waals surface area contributed by atoms with Gasteiger partial charge < -0.3 is 56.3 Å². The third kappa shape index (κ3) is 20.2. The maximum atomic E-state index is 15.4. The van der Waals surface area contributed by atoms with Gasteiger partial charge in [0.25, 0.3) is 5.91 Å². The average Bonchev–Trinajstić information content (AvgIpc) is 1.16. The Morgan fingerprint density at radius 3 is 1.83 bits per heavy atom. The van der Waals surface area contributed by atoms with Gasteiger partial charge in [0, 0.05) is 86.9 Å². The zero-order valence-electron chi connectivity index (χ0n) is 78.3. The summed E-state index contributed by atoms with van der Waals surface area (Å²) in [6, 6.07) is 47.8. The number of thiocarbonyl (C=S) groups is 1. The number of aromatic nitrogens is 10. The number of unbranched alkanes of at least 4 members (excludes halogenated alkanes) is 3. The van der Waals surface area contributed by atoms with Crippen molar-refractivity contribution in [2.24, 2.45) is 35.0 Å². The minimum atomic E-state index is -1.23. The first-order valence-electron chi connectivity index (χ1n) is 49.0. The predicted octanol–water partition coefficient (Wildman–Crippen LogP) is 15.2. The molecule has 19 rings (SSSR count). The normalized spacial score (nSPS) is 20.8. The number of nitrogens with zero attached hydrogens (tertiary/aromatic N) is 12. The Bertz CT molecular complexity index is 5840. The van der Waals surface area contributed by atoms with Crippen LogP contribution in [0.1, 0.15) is 236 Å². The fourth-order valence-corrected chi connectivity index (χ4v) is 23.5. The molecule has 28 heteroatoms. The molecular formula is C106H128N18O9S. The van der Waals surface area contributed by atoms with Crippen molar-refractivity contribution >= 4 is 58.7 Å². The summed E-state index contributed by atoms with van der Waals surface area (Å²) in [5, 5.41) is 58.2. The summed E-state index contributed by atoms with van der Waals surface area (Å²) in [6.45, 7) is 18.9. The molecule has 134 heavy (non-hydrogen) atoms. The van der Waals surface area contributed by atoms with Crippen LogP contribution in [-0.4, -0.2) is 184 Å². The Hall–Kier alpha value is -12.0. The highest BCUT2D eigenvalue weighted by Crippen LogP contribution is 2.65. The number of esters is 1. The van der Waals surface area contributed by atoms with E-state index >= 15 is 14.4 Å². The number of amides is 5. The van der Waals surface area contributed by atoms with Gasteiger partial charge >= 0.3 is 12.1 Å². The van der Waals surface area contributed by atoms with Crippen LogP contribution in [0.3, 0.4) is 0 Å². The van der Waals surface area contributed by atoms with Crippen molar-refractivity contribution in [1.29, 1.82) is 0 Å². The molecule has 0 radical (unpaired) electrons. The maximum absolute atomic E-state index is 15.4. The number of hydrogen-bond acceptors (Lipinski definition) is 18. The number of piperazine rings is 1. The van der Waals surface area contributed by atoms with Crippen LogP contribution < -0.4 is 36.8 Å². The molecular weight excluding hydrogens is 1700 g/mol. The predicted molar refractivity (Wildman–Crippen MR) is 519 cm³/mol. The van der Waals surface area contributed by atoms with Crippen molar-refractivity contribution in [1.82, 2.24) is 86.8 Å². The number of rotatable bonds is 34. The Kier molecular flexibility index (Phi) is 27.8. The molecule has 10 aromatic rings. The van der Waals surface area contributed by atoms with Crippen molar-refractivity contribution in [3.63, 3.8) is 0 Å². The Balaban J connectivity index is 0.540. The van der Waals surface area contributed by atoms with E-state index in [-0.39, 0.29) is 74.1 Å². The monoisotopic (exact) mass is 1830 g/mol. The lowest BCUT2D eigenvalue weighted by Gasteiger charge is -2.61. The number of pyridine rings is 1. The van der Waals surface area contributed by atoms with Crippen LogP contribution in [0.2, 0.25) is 0 Å². The first kappa shape index (κ1) is 92.4. The van der Waals surface area contributed by atoms with Crippen LogP contribution in [0.4, 0.5) is 10.5 Å². The zero-order valence-corrected chi connectivity index (χ0v) is 79.2. The smallest absolute Gasteiger partial charge is 0.407 e. The molecule has 4 bridgehead atoms. The third-order valence-corrected chi connectivity index (χ3v) is 30.0. The number of anilines is 1.